The molecule has 1 N–H and O–H groups in total. The molecule has 0 aliphatic heterocycles. The van der Waals surface area contributed by atoms with E-state index in [2.05, 4.69) is 10.1 Å². The summed E-state index contributed by atoms with van der Waals surface area (Å²) in [5.74, 6) is 0. The smallest absolute Gasteiger partial charge is 0.297 e. The van der Waals surface area contributed by atoms with Gasteiger partial charge in [0.15, 0.2) is 0 Å². The van der Waals surface area contributed by atoms with Crippen LogP contribution in [0.2, 0.25) is 10.0 Å². The third-order valence-electron chi connectivity index (χ3n) is 3.48. The molecule has 0 aliphatic carbocycles. The lowest BCUT2D eigenvalue weighted by atomic mass is 10.2. The Morgan fingerprint density at radius 3 is 2.70 bits per heavy atom. The summed E-state index contributed by atoms with van der Waals surface area (Å²) in [6.07, 6.45) is 1.36. The van der Waals surface area contributed by atoms with Gasteiger partial charge in [-0.2, -0.15) is 5.10 Å². The molecule has 0 saturated heterocycles. The number of nitrogens with zero attached hydrogens (tertiary/aromatic N) is 2. The average Bonchev–Trinajstić information content (AvgIpc) is 2.75. The highest BCUT2D eigenvalue weighted by Crippen LogP contribution is 2.24. The van der Waals surface area contributed by atoms with Crippen molar-refractivity contribution in [2.45, 2.75) is 13.8 Å². The van der Waals surface area contributed by atoms with Crippen LogP contribution in [0.15, 0.2) is 32.9 Å². The van der Waals surface area contributed by atoms with Crippen LogP contribution in [-0.2, 0) is 0 Å². The molecule has 5 nitrogen and oxygen atoms in total. The number of aryl methyl sites for hydroxylation is 2. The largest absolute Gasteiger partial charge is 0.350 e. The Balaban J connectivity index is 2.17. The summed E-state index contributed by atoms with van der Waals surface area (Å²) in [6.45, 7) is 3.75. The molecule has 118 valence electrons. The third-order valence-corrected chi connectivity index (χ3v) is 5.16. The van der Waals surface area contributed by atoms with Gasteiger partial charge in [-0.3, -0.25) is 9.78 Å². The lowest BCUT2D eigenvalue weighted by molar-refractivity contribution is 0.772. The molecule has 0 radical (unpaired) electrons. The lowest BCUT2D eigenvalue weighted by Crippen LogP contribution is -2.32. The van der Waals surface area contributed by atoms with Crippen LogP contribution in [0.4, 0.5) is 0 Å². The predicted molar refractivity (Wildman–Crippen MR) is 95.6 cm³/mol. The predicted octanol–water partition coefficient (Wildman–Crippen LogP) is 3.56. The number of rotatable bonds is 2. The van der Waals surface area contributed by atoms with Gasteiger partial charge in [-0.1, -0.05) is 29.3 Å². The standard InChI is InChI=1S/C15H11Cl2N3O2S/c1-7-8(2)23-13-12(7)14(21)20(15(22)19-13)18-6-9-3-4-10(16)5-11(9)17/h3-6H,1-2H3,(H,19,22)/b18-6+. The maximum absolute atomic E-state index is 12.5. The van der Waals surface area contributed by atoms with Gasteiger partial charge in [-0.25, -0.2) is 4.79 Å². The van der Waals surface area contributed by atoms with E-state index >= 15 is 0 Å². The highest BCUT2D eigenvalue weighted by molar-refractivity contribution is 7.18. The molecule has 3 rings (SSSR count). The summed E-state index contributed by atoms with van der Waals surface area (Å²) in [5, 5.41) is 5.33. The first-order valence-corrected chi connectivity index (χ1v) is 8.20. The highest BCUT2D eigenvalue weighted by atomic mass is 35.5. The second-order valence-corrected chi connectivity index (χ2v) is 7.01. The van der Waals surface area contributed by atoms with Crippen molar-refractivity contribution >= 4 is 51.0 Å². The quantitative estimate of drug-likeness (QED) is 0.703. The molecule has 0 saturated carbocycles. The number of aromatic nitrogens is 2. The molecule has 0 fully saturated rings. The van der Waals surface area contributed by atoms with Crippen LogP contribution in [0.25, 0.3) is 10.2 Å². The Labute approximate surface area is 144 Å². The molecular weight excluding hydrogens is 357 g/mol. The first-order valence-electron chi connectivity index (χ1n) is 6.63. The number of hydrogen-bond donors (Lipinski definition) is 1. The number of aromatic amines is 1. The van der Waals surface area contributed by atoms with E-state index < -0.39 is 11.2 Å². The molecule has 8 heteroatoms. The number of halogens is 2. The van der Waals surface area contributed by atoms with E-state index in [0.717, 1.165) is 15.1 Å². The Kier molecular flexibility index (Phi) is 4.14. The normalized spacial score (nSPS) is 11.7. The molecule has 0 bridgehead atoms. The van der Waals surface area contributed by atoms with Crippen LogP contribution < -0.4 is 11.2 Å². The molecular formula is C15H11Cl2N3O2S. The van der Waals surface area contributed by atoms with Gasteiger partial charge in [-0.15, -0.1) is 16.0 Å². The van der Waals surface area contributed by atoms with Crippen molar-refractivity contribution < 1.29 is 0 Å². The van der Waals surface area contributed by atoms with Crippen molar-refractivity contribution in [3.63, 3.8) is 0 Å². The van der Waals surface area contributed by atoms with Gasteiger partial charge in [0.2, 0.25) is 0 Å². The van der Waals surface area contributed by atoms with Crippen LogP contribution in [-0.4, -0.2) is 15.9 Å². The number of H-pyrrole nitrogens is 1. The summed E-state index contributed by atoms with van der Waals surface area (Å²) in [5.41, 5.74) is 0.359. The highest BCUT2D eigenvalue weighted by Gasteiger charge is 2.13. The number of fused-ring (bicyclic) bond motifs is 1. The van der Waals surface area contributed by atoms with E-state index in [9.17, 15) is 9.59 Å². The molecule has 0 amide bonds. The summed E-state index contributed by atoms with van der Waals surface area (Å²) in [7, 11) is 0. The van der Waals surface area contributed by atoms with Crippen molar-refractivity contribution in [1.29, 1.82) is 0 Å². The average molecular weight is 368 g/mol. The minimum Gasteiger partial charge on any atom is -0.297 e. The van der Waals surface area contributed by atoms with E-state index in [0.29, 0.717) is 25.8 Å². The molecule has 1 aromatic carbocycles. The number of benzene rings is 1. The molecule has 23 heavy (non-hydrogen) atoms. The summed E-state index contributed by atoms with van der Waals surface area (Å²) in [4.78, 5) is 28.8. The first-order chi connectivity index (χ1) is 10.9. The summed E-state index contributed by atoms with van der Waals surface area (Å²) >= 11 is 13.3. The number of nitrogens with one attached hydrogen (secondary N) is 1. The van der Waals surface area contributed by atoms with Crippen molar-refractivity contribution in [3.05, 3.63) is 65.1 Å². The Hall–Kier alpha value is -1.89. The number of hydrogen-bond acceptors (Lipinski definition) is 4. The van der Waals surface area contributed by atoms with E-state index in [1.54, 1.807) is 18.2 Å². The SMILES string of the molecule is Cc1sc2[nH]c(=O)n(/N=C/c3ccc(Cl)cc3Cl)c(=O)c2c1C. The van der Waals surface area contributed by atoms with Crippen LogP contribution in [0, 0.1) is 13.8 Å². The zero-order chi connectivity index (χ0) is 16.7. The van der Waals surface area contributed by atoms with Crippen molar-refractivity contribution in [3.8, 4) is 0 Å². The van der Waals surface area contributed by atoms with E-state index in [1.807, 2.05) is 13.8 Å². The molecule has 2 aromatic heterocycles. The van der Waals surface area contributed by atoms with Crippen LogP contribution in [0.5, 0.6) is 0 Å². The Morgan fingerprint density at radius 1 is 1.26 bits per heavy atom. The van der Waals surface area contributed by atoms with Crippen molar-refractivity contribution in [1.82, 2.24) is 9.66 Å². The fourth-order valence-corrected chi connectivity index (χ4v) is 3.65. The van der Waals surface area contributed by atoms with Gasteiger partial charge in [0.25, 0.3) is 5.56 Å². The topological polar surface area (TPSA) is 67.2 Å². The van der Waals surface area contributed by atoms with Crippen molar-refractivity contribution in [2.24, 2.45) is 5.10 Å². The van der Waals surface area contributed by atoms with Gasteiger partial charge >= 0.3 is 5.69 Å². The zero-order valence-corrected chi connectivity index (χ0v) is 14.5. The minimum atomic E-state index is -0.593. The fraction of sp³-hybridized carbons (Fsp3) is 0.133. The monoisotopic (exact) mass is 367 g/mol. The molecule has 2 heterocycles. The number of thiophene rings is 1. The second kappa shape index (κ2) is 5.96. The van der Waals surface area contributed by atoms with Gasteiger partial charge in [0.05, 0.1) is 16.6 Å². The summed E-state index contributed by atoms with van der Waals surface area (Å²) < 4.78 is 0.798. The molecule has 0 atom stereocenters. The Bertz CT molecular complexity index is 1060. The molecule has 0 unspecified atom stereocenters. The maximum Gasteiger partial charge on any atom is 0.350 e. The van der Waals surface area contributed by atoms with Gasteiger partial charge in [0.1, 0.15) is 4.83 Å². The maximum atomic E-state index is 12.5. The molecule has 0 spiro atoms. The van der Waals surface area contributed by atoms with Crippen LogP contribution >= 0.6 is 34.5 Å². The minimum absolute atomic E-state index is 0.384. The van der Waals surface area contributed by atoms with Gasteiger partial charge in [0, 0.05) is 15.5 Å². The summed E-state index contributed by atoms with van der Waals surface area (Å²) in [6, 6.07) is 4.87. The first kappa shape index (κ1) is 16.0. The zero-order valence-electron chi connectivity index (χ0n) is 12.2. The Morgan fingerprint density at radius 2 is 2.00 bits per heavy atom. The van der Waals surface area contributed by atoms with Crippen LogP contribution in [0.3, 0.4) is 0 Å². The lowest BCUT2D eigenvalue weighted by Gasteiger charge is -2.00. The fourth-order valence-electron chi connectivity index (χ4n) is 2.15. The van der Waals surface area contributed by atoms with E-state index in [-0.39, 0.29) is 0 Å². The van der Waals surface area contributed by atoms with Crippen molar-refractivity contribution in [2.75, 3.05) is 0 Å². The van der Waals surface area contributed by atoms with E-state index in [1.165, 1.54) is 17.6 Å². The van der Waals surface area contributed by atoms with Gasteiger partial charge < -0.3 is 0 Å². The van der Waals surface area contributed by atoms with Crippen LogP contribution in [0.1, 0.15) is 16.0 Å². The second-order valence-electron chi connectivity index (χ2n) is 4.94. The van der Waals surface area contributed by atoms with E-state index in [4.69, 9.17) is 23.2 Å². The van der Waals surface area contributed by atoms with Gasteiger partial charge in [-0.05, 0) is 31.5 Å². The molecule has 3 aromatic rings. The third kappa shape index (κ3) is 2.85. The molecule has 0 aliphatic rings.